The summed E-state index contributed by atoms with van der Waals surface area (Å²) in [5.74, 6) is 0. The van der Waals surface area contributed by atoms with Crippen LogP contribution in [0.5, 0.6) is 0 Å². The molecule has 3 heteroatoms. The second-order valence-electron chi connectivity index (χ2n) is 1.99. The summed E-state index contributed by atoms with van der Waals surface area (Å²) in [6.45, 7) is 6.04. The van der Waals surface area contributed by atoms with Gasteiger partial charge < -0.3 is 9.32 Å². The molecule has 0 atom stereocenters. The Balaban J connectivity index is 2.64. The van der Waals surface area contributed by atoms with E-state index in [2.05, 4.69) is 23.7 Å². The number of aromatic nitrogens is 1. The van der Waals surface area contributed by atoms with E-state index >= 15 is 0 Å². The fourth-order valence-corrected chi connectivity index (χ4v) is 0.866. The van der Waals surface area contributed by atoms with Gasteiger partial charge in [0.15, 0.2) is 0 Å². The largest absolute Gasteiger partial charge is 0.432 e. The lowest BCUT2D eigenvalue weighted by atomic mass is 10.5. The Kier molecular flexibility index (Phi) is 2.31. The second-order valence-corrected chi connectivity index (χ2v) is 1.99. The average molecular weight is 140 g/mol. The molecule has 0 aliphatic carbocycles. The number of anilines is 1. The van der Waals surface area contributed by atoms with Crippen LogP contribution in [-0.4, -0.2) is 18.1 Å². The minimum atomic E-state index is 0.713. The van der Waals surface area contributed by atoms with Gasteiger partial charge in [0.1, 0.15) is 6.26 Å². The first-order chi connectivity index (χ1) is 4.88. The van der Waals surface area contributed by atoms with Gasteiger partial charge in [0.05, 0.1) is 6.20 Å². The maximum absolute atomic E-state index is 5.09. The number of hydrogen-bond acceptors (Lipinski definition) is 3. The highest BCUT2D eigenvalue weighted by Crippen LogP contribution is 2.07. The SMILES string of the molecule is CCN(CC)c1ncco1. The molecular weight excluding hydrogens is 128 g/mol. The number of rotatable bonds is 3. The highest BCUT2D eigenvalue weighted by molar-refractivity contribution is 5.23. The minimum absolute atomic E-state index is 0.713. The van der Waals surface area contributed by atoms with Crippen molar-refractivity contribution in [2.45, 2.75) is 13.8 Å². The molecule has 10 heavy (non-hydrogen) atoms. The Labute approximate surface area is 60.7 Å². The maximum atomic E-state index is 5.09. The molecule has 0 bridgehead atoms. The summed E-state index contributed by atoms with van der Waals surface area (Å²) in [6, 6.07) is 0.713. The summed E-state index contributed by atoms with van der Waals surface area (Å²) in [7, 11) is 0. The third-order valence-corrected chi connectivity index (χ3v) is 1.45. The van der Waals surface area contributed by atoms with E-state index in [1.165, 1.54) is 0 Å². The lowest BCUT2D eigenvalue weighted by Crippen LogP contribution is -2.21. The Morgan fingerprint density at radius 2 is 2.20 bits per heavy atom. The van der Waals surface area contributed by atoms with Crippen LogP contribution in [0.25, 0.3) is 0 Å². The summed E-state index contributed by atoms with van der Waals surface area (Å²) >= 11 is 0. The lowest BCUT2D eigenvalue weighted by molar-refractivity contribution is 0.540. The van der Waals surface area contributed by atoms with Gasteiger partial charge in [0, 0.05) is 13.1 Å². The van der Waals surface area contributed by atoms with Crippen molar-refractivity contribution >= 4 is 6.01 Å². The maximum Gasteiger partial charge on any atom is 0.297 e. The van der Waals surface area contributed by atoms with E-state index in [0.717, 1.165) is 13.1 Å². The molecule has 0 radical (unpaired) electrons. The fraction of sp³-hybridized carbons (Fsp3) is 0.571. The Bertz CT molecular complexity index is 168. The van der Waals surface area contributed by atoms with Gasteiger partial charge in [-0.05, 0) is 13.8 Å². The normalized spacial score (nSPS) is 9.80. The standard InChI is InChI=1S/C7H12N2O/c1-3-9(4-2)7-8-5-6-10-7/h5-6H,3-4H2,1-2H3. The Hall–Kier alpha value is -0.990. The third kappa shape index (κ3) is 1.29. The minimum Gasteiger partial charge on any atom is -0.432 e. The molecule has 0 aromatic carbocycles. The van der Waals surface area contributed by atoms with E-state index in [-0.39, 0.29) is 0 Å². The van der Waals surface area contributed by atoms with Crippen LogP contribution in [0.15, 0.2) is 16.9 Å². The molecule has 1 aromatic rings. The highest BCUT2D eigenvalue weighted by atomic mass is 16.4. The molecule has 0 saturated heterocycles. The van der Waals surface area contributed by atoms with Crippen molar-refractivity contribution in [2.24, 2.45) is 0 Å². The van der Waals surface area contributed by atoms with Crippen LogP contribution in [0, 0.1) is 0 Å². The van der Waals surface area contributed by atoms with Crippen LogP contribution in [0.4, 0.5) is 6.01 Å². The Morgan fingerprint density at radius 3 is 2.60 bits per heavy atom. The van der Waals surface area contributed by atoms with Gasteiger partial charge >= 0.3 is 0 Å². The molecule has 0 spiro atoms. The molecule has 0 saturated carbocycles. The van der Waals surface area contributed by atoms with E-state index in [1.54, 1.807) is 12.5 Å². The molecule has 0 N–H and O–H groups in total. The molecule has 1 rings (SSSR count). The van der Waals surface area contributed by atoms with Crippen LogP contribution in [0.2, 0.25) is 0 Å². The summed E-state index contributed by atoms with van der Waals surface area (Å²) in [6.07, 6.45) is 3.25. The van der Waals surface area contributed by atoms with Crippen molar-refractivity contribution in [3.05, 3.63) is 12.5 Å². The molecule has 0 unspecified atom stereocenters. The fourth-order valence-electron chi connectivity index (χ4n) is 0.866. The van der Waals surface area contributed by atoms with Gasteiger partial charge in [-0.2, -0.15) is 0 Å². The van der Waals surface area contributed by atoms with Crippen LogP contribution < -0.4 is 4.90 Å². The zero-order valence-corrected chi connectivity index (χ0v) is 6.37. The number of hydrogen-bond donors (Lipinski definition) is 0. The summed E-state index contributed by atoms with van der Waals surface area (Å²) in [5.41, 5.74) is 0. The zero-order chi connectivity index (χ0) is 7.40. The first-order valence-electron chi connectivity index (χ1n) is 3.53. The van der Waals surface area contributed by atoms with Crippen molar-refractivity contribution in [1.82, 2.24) is 4.98 Å². The molecule has 1 aromatic heterocycles. The topological polar surface area (TPSA) is 29.3 Å². The Morgan fingerprint density at radius 1 is 1.50 bits per heavy atom. The van der Waals surface area contributed by atoms with E-state index in [9.17, 15) is 0 Å². The lowest BCUT2D eigenvalue weighted by Gasteiger charge is -2.14. The quantitative estimate of drug-likeness (QED) is 0.637. The van der Waals surface area contributed by atoms with E-state index < -0.39 is 0 Å². The van der Waals surface area contributed by atoms with Gasteiger partial charge in [0.2, 0.25) is 0 Å². The number of oxazole rings is 1. The molecule has 0 aliphatic heterocycles. The van der Waals surface area contributed by atoms with Crippen molar-refractivity contribution < 1.29 is 4.42 Å². The third-order valence-electron chi connectivity index (χ3n) is 1.45. The zero-order valence-electron chi connectivity index (χ0n) is 6.37. The molecule has 3 nitrogen and oxygen atoms in total. The average Bonchev–Trinajstić information content (AvgIpc) is 2.43. The predicted molar refractivity (Wildman–Crippen MR) is 40.1 cm³/mol. The number of nitrogens with zero attached hydrogens (tertiary/aromatic N) is 2. The van der Waals surface area contributed by atoms with E-state index in [0.29, 0.717) is 6.01 Å². The van der Waals surface area contributed by atoms with Crippen LogP contribution in [-0.2, 0) is 0 Å². The molecule has 1 heterocycles. The van der Waals surface area contributed by atoms with Crippen LogP contribution >= 0.6 is 0 Å². The van der Waals surface area contributed by atoms with Crippen LogP contribution in [0.1, 0.15) is 13.8 Å². The van der Waals surface area contributed by atoms with E-state index in [4.69, 9.17) is 4.42 Å². The van der Waals surface area contributed by atoms with Gasteiger partial charge in [-0.15, -0.1) is 0 Å². The summed E-state index contributed by atoms with van der Waals surface area (Å²) in [4.78, 5) is 6.07. The van der Waals surface area contributed by atoms with Crippen molar-refractivity contribution in [2.75, 3.05) is 18.0 Å². The molecule has 56 valence electrons. The summed E-state index contributed by atoms with van der Waals surface area (Å²) in [5, 5.41) is 0. The van der Waals surface area contributed by atoms with Gasteiger partial charge in [-0.25, -0.2) is 4.98 Å². The summed E-state index contributed by atoms with van der Waals surface area (Å²) < 4.78 is 5.09. The van der Waals surface area contributed by atoms with Crippen molar-refractivity contribution in [3.63, 3.8) is 0 Å². The molecule has 0 fully saturated rings. The smallest absolute Gasteiger partial charge is 0.297 e. The van der Waals surface area contributed by atoms with E-state index in [1.807, 2.05) is 0 Å². The van der Waals surface area contributed by atoms with Crippen molar-refractivity contribution in [1.29, 1.82) is 0 Å². The van der Waals surface area contributed by atoms with Crippen LogP contribution in [0.3, 0.4) is 0 Å². The molecule has 0 aliphatic rings. The van der Waals surface area contributed by atoms with Gasteiger partial charge in [0.25, 0.3) is 6.01 Å². The monoisotopic (exact) mass is 140 g/mol. The highest BCUT2D eigenvalue weighted by Gasteiger charge is 2.03. The first-order valence-corrected chi connectivity index (χ1v) is 3.53. The first kappa shape index (κ1) is 7.12. The second kappa shape index (κ2) is 3.25. The predicted octanol–water partition coefficient (Wildman–Crippen LogP) is 1.52. The molecular formula is C7H12N2O. The van der Waals surface area contributed by atoms with Gasteiger partial charge in [-0.1, -0.05) is 0 Å². The van der Waals surface area contributed by atoms with Gasteiger partial charge in [-0.3, -0.25) is 0 Å². The van der Waals surface area contributed by atoms with Crippen molar-refractivity contribution in [3.8, 4) is 0 Å². The molecule has 0 amide bonds.